The fourth-order valence-corrected chi connectivity index (χ4v) is 5.96. The van der Waals surface area contributed by atoms with Crippen molar-refractivity contribution in [2.24, 2.45) is 23.7 Å². The van der Waals surface area contributed by atoms with Gasteiger partial charge in [-0.2, -0.15) is 0 Å². The molecular formula is C29H38F4. The van der Waals surface area contributed by atoms with E-state index in [-0.39, 0.29) is 17.1 Å². The molecule has 0 atom stereocenters. The number of rotatable bonds is 8. The first-order valence-electron chi connectivity index (χ1n) is 12.7. The van der Waals surface area contributed by atoms with Crippen molar-refractivity contribution >= 4 is 5.57 Å². The average Bonchev–Trinajstić information content (AvgIpc) is 2.82. The molecule has 2 aliphatic rings. The lowest BCUT2D eigenvalue weighted by Crippen LogP contribution is -2.26. The second kappa shape index (κ2) is 12.0. The Morgan fingerprint density at radius 2 is 1.45 bits per heavy atom. The summed E-state index contributed by atoms with van der Waals surface area (Å²) in [6, 6.07) is 1.58. The van der Waals surface area contributed by atoms with Crippen LogP contribution in [0, 0.1) is 41.1 Å². The lowest BCUT2D eigenvalue weighted by molar-refractivity contribution is 0.151. The van der Waals surface area contributed by atoms with Crippen molar-refractivity contribution in [1.82, 2.24) is 0 Å². The molecule has 0 aromatic heterocycles. The fraction of sp³-hybridized carbons (Fsp3) is 0.586. The van der Waals surface area contributed by atoms with E-state index in [0.717, 1.165) is 54.7 Å². The van der Waals surface area contributed by atoms with Crippen LogP contribution in [0.3, 0.4) is 0 Å². The van der Waals surface area contributed by atoms with Gasteiger partial charge in [-0.1, -0.05) is 52.2 Å². The molecule has 0 aliphatic heterocycles. The minimum Gasteiger partial charge on any atom is -0.206 e. The Morgan fingerprint density at radius 1 is 0.909 bits per heavy atom. The third-order valence-corrected chi connectivity index (χ3v) is 7.85. The molecule has 0 N–H and O–H groups in total. The van der Waals surface area contributed by atoms with E-state index in [1.165, 1.54) is 57.4 Å². The van der Waals surface area contributed by atoms with E-state index in [9.17, 15) is 13.2 Å². The molecule has 0 spiro atoms. The topological polar surface area (TPSA) is 0 Å². The first-order chi connectivity index (χ1) is 15.8. The summed E-state index contributed by atoms with van der Waals surface area (Å²) in [5.41, 5.74) is 0.718. The molecule has 2 fully saturated rings. The van der Waals surface area contributed by atoms with Crippen molar-refractivity contribution in [1.29, 1.82) is 0 Å². The van der Waals surface area contributed by atoms with Crippen LogP contribution in [0.15, 0.2) is 42.3 Å². The Labute approximate surface area is 196 Å². The molecule has 0 radical (unpaired) electrons. The molecule has 0 unspecified atom stereocenters. The summed E-state index contributed by atoms with van der Waals surface area (Å²) in [6.07, 6.45) is 16.9. The first-order valence-corrected chi connectivity index (χ1v) is 12.7. The third kappa shape index (κ3) is 6.61. The number of hydrogen-bond donors (Lipinski definition) is 0. The summed E-state index contributed by atoms with van der Waals surface area (Å²) in [7, 11) is 0. The van der Waals surface area contributed by atoms with Gasteiger partial charge in [-0.25, -0.2) is 17.6 Å². The summed E-state index contributed by atoms with van der Waals surface area (Å²) in [4.78, 5) is 0. The van der Waals surface area contributed by atoms with Crippen LogP contribution in [-0.2, 0) is 0 Å². The highest BCUT2D eigenvalue weighted by atomic mass is 19.2. The minimum atomic E-state index is -1.56. The van der Waals surface area contributed by atoms with Crippen molar-refractivity contribution in [2.75, 3.05) is 0 Å². The molecule has 2 saturated carbocycles. The fourth-order valence-electron chi connectivity index (χ4n) is 5.96. The predicted molar refractivity (Wildman–Crippen MR) is 129 cm³/mol. The van der Waals surface area contributed by atoms with Crippen LogP contribution < -0.4 is 0 Å². The van der Waals surface area contributed by atoms with Crippen LogP contribution in [0.5, 0.6) is 0 Å². The van der Waals surface area contributed by atoms with Crippen LogP contribution in [0.4, 0.5) is 17.6 Å². The SMILES string of the molecule is C=C(/C(F)=C\C(=C/CC)C1CCC(C2CCC(CCC)CC2)CC1)c1cc(F)c(F)c(F)c1. The highest BCUT2D eigenvalue weighted by molar-refractivity contribution is 5.75. The van der Waals surface area contributed by atoms with Gasteiger partial charge in [-0.05, 0) is 98.0 Å². The Kier molecular flexibility index (Phi) is 9.40. The van der Waals surface area contributed by atoms with Gasteiger partial charge in [0, 0.05) is 5.57 Å². The zero-order valence-electron chi connectivity index (χ0n) is 20.1. The maximum absolute atomic E-state index is 15.0. The summed E-state index contributed by atoms with van der Waals surface area (Å²) in [6.45, 7) is 7.96. The molecule has 0 heterocycles. The van der Waals surface area contributed by atoms with Crippen LogP contribution in [0.1, 0.15) is 90.0 Å². The van der Waals surface area contributed by atoms with E-state index in [0.29, 0.717) is 0 Å². The maximum atomic E-state index is 15.0. The van der Waals surface area contributed by atoms with E-state index in [1.54, 1.807) is 0 Å². The van der Waals surface area contributed by atoms with E-state index >= 15 is 4.39 Å². The molecule has 1 aromatic rings. The highest BCUT2D eigenvalue weighted by Crippen LogP contribution is 2.44. The van der Waals surface area contributed by atoms with Gasteiger partial charge in [-0.15, -0.1) is 0 Å². The molecule has 0 bridgehead atoms. The zero-order valence-corrected chi connectivity index (χ0v) is 20.1. The van der Waals surface area contributed by atoms with Crippen molar-refractivity contribution in [2.45, 2.75) is 84.5 Å². The second-order valence-electron chi connectivity index (χ2n) is 10.0. The normalized spacial score (nSPS) is 27.0. The summed E-state index contributed by atoms with van der Waals surface area (Å²) in [5, 5.41) is 0. The van der Waals surface area contributed by atoms with Crippen molar-refractivity contribution in [3.63, 3.8) is 0 Å². The molecule has 33 heavy (non-hydrogen) atoms. The van der Waals surface area contributed by atoms with Crippen molar-refractivity contribution in [3.05, 3.63) is 65.3 Å². The van der Waals surface area contributed by atoms with Gasteiger partial charge in [0.15, 0.2) is 17.5 Å². The summed E-state index contributed by atoms with van der Waals surface area (Å²) >= 11 is 0. The van der Waals surface area contributed by atoms with E-state index in [2.05, 4.69) is 13.5 Å². The maximum Gasteiger partial charge on any atom is 0.194 e. The van der Waals surface area contributed by atoms with Gasteiger partial charge in [0.2, 0.25) is 0 Å². The Bertz CT molecular complexity index is 843. The van der Waals surface area contributed by atoms with Crippen LogP contribution in [0.25, 0.3) is 5.57 Å². The highest BCUT2D eigenvalue weighted by Gasteiger charge is 2.31. The van der Waals surface area contributed by atoms with Gasteiger partial charge in [0.1, 0.15) is 5.83 Å². The quantitative estimate of drug-likeness (QED) is 0.205. The van der Waals surface area contributed by atoms with Crippen LogP contribution >= 0.6 is 0 Å². The standard InChI is InChI=1S/C29H38F4/c1-4-6-20-8-10-21(11-9-20)22-12-14-23(15-13-22)24(7-5-2)16-26(30)19(3)25-17-27(31)29(33)28(32)18-25/h7,16-18,20-23H,3-6,8-15H2,1-2H3/b24-7+,26-16+. The van der Waals surface area contributed by atoms with Gasteiger partial charge in [0.05, 0.1) is 0 Å². The molecule has 0 amide bonds. The molecule has 4 heteroatoms. The van der Waals surface area contributed by atoms with Gasteiger partial charge < -0.3 is 0 Å². The lowest BCUT2D eigenvalue weighted by Gasteiger charge is -2.38. The molecule has 2 aliphatic carbocycles. The van der Waals surface area contributed by atoms with Crippen molar-refractivity contribution < 1.29 is 17.6 Å². The molecule has 0 saturated heterocycles. The first kappa shape index (κ1) is 25.8. The smallest absolute Gasteiger partial charge is 0.194 e. The van der Waals surface area contributed by atoms with E-state index in [1.807, 2.05) is 13.0 Å². The monoisotopic (exact) mass is 462 g/mol. The number of hydrogen-bond acceptors (Lipinski definition) is 0. The third-order valence-electron chi connectivity index (χ3n) is 7.85. The van der Waals surface area contributed by atoms with Gasteiger partial charge in [-0.3, -0.25) is 0 Å². The zero-order chi connectivity index (χ0) is 24.0. The Hall–Kier alpha value is -1.84. The van der Waals surface area contributed by atoms with Crippen molar-refractivity contribution in [3.8, 4) is 0 Å². The largest absolute Gasteiger partial charge is 0.206 e. The molecule has 3 rings (SSSR count). The predicted octanol–water partition coefficient (Wildman–Crippen LogP) is 9.72. The summed E-state index contributed by atoms with van der Waals surface area (Å²) < 4.78 is 55.4. The average molecular weight is 463 g/mol. The van der Waals surface area contributed by atoms with Crippen LogP contribution in [-0.4, -0.2) is 0 Å². The molecule has 1 aromatic carbocycles. The summed E-state index contributed by atoms with van der Waals surface area (Å²) in [5.74, 6) is -2.04. The van der Waals surface area contributed by atoms with Gasteiger partial charge >= 0.3 is 0 Å². The lowest BCUT2D eigenvalue weighted by atomic mass is 9.67. The minimum absolute atomic E-state index is 0.0848. The second-order valence-corrected chi connectivity index (χ2v) is 10.0. The van der Waals surface area contributed by atoms with E-state index in [4.69, 9.17) is 0 Å². The molecule has 182 valence electrons. The van der Waals surface area contributed by atoms with Gasteiger partial charge in [0.25, 0.3) is 0 Å². The Morgan fingerprint density at radius 3 is 1.97 bits per heavy atom. The van der Waals surface area contributed by atoms with Crippen LogP contribution in [0.2, 0.25) is 0 Å². The Balaban J connectivity index is 1.62. The van der Waals surface area contributed by atoms with E-state index < -0.39 is 23.3 Å². The molecule has 0 nitrogen and oxygen atoms in total. The number of halogens is 4. The molecular weight excluding hydrogens is 424 g/mol. The number of allylic oxidation sites excluding steroid dienone is 5. The number of benzene rings is 1.